The van der Waals surface area contributed by atoms with Gasteiger partial charge in [0.05, 0.1) is 6.10 Å². The van der Waals surface area contributed by atoms with Gasteiger partial charge >= 0.3 is 0 Å². The summed E-state index contributed by atoms with van der Waals surface area (Å²) in [7, 11) is 0. The van der Waals surface area contributed by atoms with Gasteiger partial charge in [0.25, 0.3) is 0 Å². The van der Waals surface area contributed by atoms with Gasteiger partial charge in [-0.05, 0) is 31.0 Å². The highest BCUT2D eigenvalue weighted by Crippen LogP contribution is 2.41. The van der Waals surface area contributed by atoms with Gasteiger partial charge in [-0.15, -0.1) is 0 Å². The molecular weight excluding hydrogens is 230 g/mol. The summed E-state index contributed by atoms with van der Waals surface area (Å²) in [5, 5.41) is 32.1. The lowest BCUT2D eigenvalue weighted by Gasteiger charge is -2.50. The molecule has 0 saturated heterocycles. The van der Waals surface area contributed by atoms with E-state index >= 15 is 0 Å². The van der Waals surface area contributed by atoms with Crippen molar-refractivity contribution in [3.63, 3.8) is 0 Å². The maximum Gasteiger partial charge on any atom is 0.119 e. The summed E-state index contributed by atoms with van der Waals surface area (Å²) in [4.78, 5) is 0. The third-order valence-electron chi connectivity index (χ3n) is 4.09. The molecule has 1 aromatic carbocycles. The average Bonchev–Trinajstić information content (AvgIpc) is 2.27. The van der Waals surface area contributed by atoms with E-state index in [4.69, 9.17) is 0 Å². The van der Waals surface area contributed by atoms with Crippen LogP contribution in [0.3, 0.4) is 0 Å². The van der Waals surface area contributed by atoms with Crippen LogP contribution in [0.2, 0.25) is 0 Å². The number of aliphatic hydroxyl groups is 1. The maximum absolute atomic E-state index is 9.70. The smallest absolute Gasteiger partial charge is 0.119 e. The van der Waals surface area contributed by atoms with Crippen LogP contribution in [0, 0.1) is 5.41 Å². The lowest BCUT2D eigenvalue weighted by Crippen LogP contribution is -2.60. The Morgan fingerprint density at radius 1 is 1.22 bits per heavy atom. The molecule has 0 amide bonds. The minimum absolute atomic E-state index is 0.0137. The Morgan fingerprint density at radius 2 is 1.78 bits per heavy atom. The van der Waals surface area contributed by atoms with Gasteiger partial charge in [0, 0.05) is 23.6 Å². The van der Waals surface area contributed by atoms with E-state index in [0.717, 1.165) is 12.0 Å². The Balaban J connectivity index is 2.06. The molecule has 1 saturated carbocycles. The van der Waals surface area contributed by atoms with Gasteiger partial charge < -0.3 is 20.6 Å². The molecule has 0 bridgehead atoms. The predicted molar refractivity (Wildman–Crippen MR) is 69.5 cm³/mol. The first-order chi connectivity index (χ1) is 8.30. The zero-order valence-electron chi connectivity index (χ0n) is 11.0. The monoisotopic (exact) mass is 251 g/mol. The molecule has 0 aliphatic heterocycles. The van der Waals surface area contributed by atoms with E-state index in [1.165, 1.54) is 6.07 Å². The van der Waals surface area contributed by atoms with Gasteiger partial charge in [0.1, 0.15) is 11.5 Å². The van der Waals surface area contributed by atoms with Gasteiger partial charge in [-0.2, -0.15) is 0 Å². The molecule has 0 heterocycles. The van der Waals surface area contributed by atoms with Gasteiger partial charge in [-0.25, -0.2) is 0 Å². The summed E-state index contributed by atoms with van der Waals surface area (Å²) in [6, 6.07) is 4.85. The molecule has 3 atom stereocenters. The molecule has 0 radical (unpaired) electrons. The van der Waals surface area contributed by atoms with E-state index in [-0.39, 0.29) is 35.1 Å². The van der Waals surface area contributed by atoms with Gasteiger partial charge in [0.2, 0.25) is 0 Å². The molecule has 2 rings (SSSR count). The van der Waals surface area contributed by atoms with Crippen molar-refractivity contribution in [3.05, 3.63) is 23.8 Å². The number of hydrogen-bond donors (Lipinski definition) is 4. The fourth-order valence-electron chi connectivity index (χ4n) is 2.45. The fraction of sp³-hybridized carbons (Fsp3) is 0.571. The zero-order valence-corrected chi connectivity index (χ0v) is 11.0. The van der Waals surface area contributed by atoms with Crippen molar-refractivity contribution in [2.24, 2.45) is 5.41 Å². The van der Waals surface area contributed by atoms with Crippen molar-refractivity contribution in [2.75, 3.05) is 0 Å². The summed E-state index contributed by atoms with van der Waals surface area (Å²) in [6.07, 6.45) is 0.474. The number of rotatable bonds is 3. The largest absolute Gasteiger partial charge is 0.508 e. The number of hydrogen-bond acceptors (Lipinski definition) is 4. The Morgan fingerprint density at radius 3 is 2.22 bits per heavy atom. The van der Waals surface area contributed by atoms with Crippen molar-refractivity contribution < 1.29 is 15.3 Å². The quantitative estimate of drug-likeness (QED) is 0.662. The molecule has 0 aromatic heterocycles. The maximum atomic E-state index is 9.70. The Labute approximate surface area is 107 Å². The second-order valence-electron chi connectivity index (χ2n) is 5.80. The van der Waals surface area contributed by atoms with Crippen LogP contribution in [-0.2, 0) is 0 Å². The lowest BCUT2D eigenvalue weighted by molar-refractivity contribution is -0.0754. The summed E-state index contributed by atoms with van der Waals surface area (Å²) in [6.45, 7) is 6.05. The van der Waals surface area contributed by atoms with Crippen LogP contribution in [0.15, 0.2) is 18.2 Å². The molecule has 0 spiro atoms. The first-order valence-electron chi connectivity index (χ1n) is 6.27. The Kier molecular flexibility index (Phi) is 3.25. The molecule has 18 heavy (non-hydrogen) atoms. The SMILES string of the molecule is CC(NC1CC(O)C1(C)C)c1cc(O)cc(O)c1. The molecule has 1 fully saturated rings. The van der Waals surface area contributed by atoms with Crippen molar-refractivity contribution in [1.82, 2.24) is 5.32 Å². The molecule has 4 heteroatoms. The Bertz CT molecular complexity index is 424. The first kappa shape index (κ1) is 13.2. The summed E-state index contributed by atoms with van der Waals surface area (Å²) in [5.74, 6) is 0.123. The van der Waals surface area contributed by atoms with E-state index in [0.29, 0.717) is 0 Å². The van der Waals surface area contributed by atoms with Crippen molar-refractivity contribution >= 4 is 0 Å². The molecule has 1 aliphatic rings. The van der Waals surface area contributed by atoms with Crippen LogP contribution in [0.5, 0.6) is 11.5 Å². The van der Waals surface area contributed by atoms with E-state index in [1.807, 2.05) is 20.8 Å². The van der Waals surface area contributed by atoms with E-state index < -0.39 is 0 Å². The zero-order chi connectivity index (χ0) is 13.5. The highest BCUT2D eigenvalue weighted by atomic mass is 16.3. The lowest BCUT2D eigenvalue weighted by atomic mass is 9.64. The minimum Gasteiger partial charge on any atom is -0.508 e. The van der Waals surface area contributed by atoms with Gasteiger partial charge in [-0.1, -0.05) is 13.8 Å². The van der Waals surface area contributed by atoms with Crippen LogP contribution >= 0.6 is 0 Å². The van der Waals surface area contributed by atoms with Crippen LogP contribution in [0.4, 0.5) is 0 Å². The number of nitrogens with one attached hydrogen (secondary N) is 1. The first-order valence-corrected chi connectivity index (χ1v) is 6.27. The third-order valence-corrected chi connectivity index (χ3v) is 4.09. The molecule has 1 aromatic rings. The standard InChI is InChI=1S/C14H21NO3/c1-8(9-4-10(16)6-11(17)5-9)15-12-7-13(18)14(12,2)3/h4-6,8,12-13,15-18H,7H2,1-3H3. The fourth-order valence-corrected chi connectivity index (χ4v) is 2.45. The van der Waals surface area contributed by atoms with E-state index in [1.54, 1.807) is 12.1 Å². The van der Waals surface area contributed by atoms with Crippen LogP contribution in [-0.4, -0.2) is 27.5 Å². The van der Waals surface area contributed by atoms with Crippen LogP contribution in [0.1, 0.15) is 38.8 Å². The number of aliphatic hydroxyl groups excluding tert-OH is 1. The third kappa shape index (κ3) is 2.31. The summed E-state index contributed by atoms with van der Waals surface area (Å²) < 4.78 is 0. The van der Waals surface area contributed by atoms with E-state index in [2.05, 4.69) is 5.32 Å². The van der Waals surface area contributed by atoms with Crippen molar-refractivity contribution in [2.45, 2.75) is 45.4 Å². The molecule has 100 valence electrons. The number of benzene rings is 1. The van der Waals surface area contributed by atoms with Crippen molar-refractivity contribution in [1.29, 1.82) is 0 Å². The average molecular weight is 251 g/mol. The van der Waals surface area contributed by atoms with E-state index in [9.17, 15) is 15.3 Å². The summed E-state index contributed by atoms with van der Waals surface area (Å²) >= 11 is 0. The second kappa shape index (κ2) is 4.44. The normalized spacial score (nSPS) is 27.6. The van der Waals surface area contributed by atoms with Crippen molar-refractivity contribution in [3.8, 4) is 11.5 Å². The highest BCUT2D eigenvalue weighted by Gasteiger charge is 2.47. The summed E-state index contributed by atoms with van der Waals surface area (Å²) in [5.41, 5.74) is 0.706. The minimum atomic E-state index is -0.264. The molecule has 3 unspecified atom stereocenters. The van der Waals surface area contributed by atoms with Crippen LogP contribution < -0.4 is 5.32 Å². The number of phenolic OH excluding ortho intramolecular Hbond substituents is 2. The second-order valence-corrected chi connectivity index (χ2v) is 5.80. The molecule has 4 nitrogen and oxygen atoms in total. The number of phenols is 2. The molecular formula is C14H21NO3. The molecule has 1 aliphatic carbocycles. The van der Waals surface area contributed by atoms with Gasteiger partial charge in [0.15, 0.2) is 0 Å². The topological polar surface area (TPSA) is 72.7 Å². The highest BCUT2D eigenvalue weighted by molar-refractivity contribution is 5.38. The van der Waals surface area contributed by atoms with Gasteiger partial charge in [-0.3, -0.25) is 0 Å². The molecule has 4 N–H and O–H groups in total. The van der Waals surface area contributed by atoms with Crippen LogP contribution in [0.25, 0.3) is 0 Å². The number of aromatic hydroxyl groups is 2. The Hall–Kier alpha value is -1.26. The predicted octanol–water partition coefficient (Wildman–Crippen LogP) is 1.91.